The van der Waals surface area contributed by atoms with Gasteiger partial charge in [0.15, 0.2) is 0 Å². The van der Waals surface area contributed by atoms with Crippen LogP contribution in [-0.2, 0) is 27.4 Å². The van der Waals surface area contributed by atoms with Gasteiger partial charge in [0.05, 0.1) is 12.1 Å². The van der Waals surface area contributed by atoms with Crippen LogP contribution in [0.1, 0.15) is 21.8 Å². The van der Waals surface area contributed by atoms with Crippen molar-refractivity contribution in [2.45, 2.75) is 20.0 Å². The lowest BCUT2D eigenvalue weighted by Gasteiger charge is -2.04. The molecule has 3 aromatic rings. The van der Waals surface area contributed by atoms with Crippen molar-refractivity contribution in [2.24, 2.45) is 0 Å². The van der Waals surface area contributed by atoms with E-state index in [4.69, 9.17) is 4.74 Å². The first kappa shape index (κ1) is 19.0. The maximum absolute atomic E-state index is 12.1. The zero-order chi connectivity index (χ0) is 19.1. The minimum absolute atomic E-state index is 0.0862. The van der Waals surface area contributed by atoms with Gasteiger partial charge in [0.25, 0.3) is 0 Å². The predicted molar refractivity (Wildman–Crippen MR) is 109 cm³/mol. The Bertz CT molecular complexity index is 929. The molecule has 0 spiro atoms. The summed E-state index contributed by atoms with van der Waals surface area (Å²) in [5.41, 5.74) is 3.49. The summed E-state index contributed by atoms with van der Waals surface area (Å²) in [6, 6.07) is 9.53. The van der Waals surface area contributed by atoms with Crippen LogP contribution in [0.15, 0.2) is 52.5 Å². The number of amides is 1. The number of aryl methyl sites for hydroxylation is 1. The Labute approximate surface area is 165 Å². The smallest absolute Gasteiger partial charge is 0.331 e. The third-order valence-corrected chi connectivity index (χ3v) is 5.16. The number of nitrogens with one attached hydrogen (secondary N) is 1. The van der Waals surface area contributed by atoms with Gasteiger partial charge in [-0.25, -0.2) is 9.78 Å². The molecule has 1 N–H and O–H groups in total. The first-order chi connectivity index (χ1) is 13.1. The van der Waals surface area contributed by atoms with Gasteiger partial charge in [-0.15, -0.1) is 11.3 Å². The SMILES string of the molecule is Cc1ccc(NC(=O)Cc2nc(COC(=O)/C=C/c3ccsc3)cs2)cc1. The molecular formula is C20H18N2O3S2. The molecule has 0 saturated heterocycles. The highest BCUT2D eigenvalue weighted by atomic mass is 32.1. The van der Waals surface area contributed by atoms with Crippen LogP contribution in [0.4, 0.5) is 5.69 Å². The molecule has 1 aromatic carbocycles. The monoisotopic (exact) mass is 398 g/mol. The summed E-state index contributed by atoms with van der Waals surface area (Å²) in [6.07, 6.45) is 3.29. The average molecular weight is 399 g/mol. The van der Waals surface area contributed by atoms with Crippen LogP contribution >= 0.6 is 22.7 Å². The molecule has 7 heteroatoms. The normalized spacial score (nSPS) is 10.9. The molecular weight excluding hydrogens is 380 g/mol. The predicted octanol–water partition coefficient (Wildman–Crippen LogP) is 4.45. The lowest BCUT2D eigenvalue weighted by Crippen LogP contribution is -2.14. The van der Waals surface area contributed by atoms with Crippen molar-refractivity contribution in [3.8, 4) is 0 Å². The highest BCUT2D eigenvalue weighted by Crippen LogP contribution is 2.14. The number of carbonyl (C=O) groups excluding carboxylic acids is 2. The Morgan fingerprint density at radius 3 is 2.74 bits per heavy atom. The third kappa shape index (κ3) is 6.16. The van der Waals surface area contributed by atoms with E-state index in [1.807, 2.05) is 48.0 Å². The first-order valence-electron chi connectivity index (χ1n) is 8.25. The van der Waals surface area contributed by atoms with Crippen LogP contribution in [0.2, 0.25) is 0 Å². The van der Waals surface area contributed by atoms with Gasteiger partial charge in [0, 0.05) is 17.1 Å². The molecule has 0 aliphatic rings. The molecule has 2 heterocycles. The zero-order valence-corrected chi connectivity index (χ0v) is 16.3. The number of thiazole rings is 1. The molecule has 0 unspecified atom stereocenters. The van der Waals surface area contributed by atoms with Gasteiger partial charge in [-0.05, 0) is 47.5 Å². The number of aromatic nitrogens is 1. The van der Waals surface area contributed by atoms with Crippen LogP contribution in [0.3, 0.4) is 0 Å². The molecule has 3 rings (SSSR count). The lowest BCUT2D eigenvalue weighted by molar-refractivity contribution is -0.139. The number of benzene rings is 1. The second-order valence-corrected chi connectivity index (χ2v) is 7.54. The second-order valence-electron chi connectivity index (χ2n) is 5.82. The second kappa shape index (κ2) is 9.25. The molecule has 1 amide bonds. The van der Waals surface area contributed by atoms with Crippen molar-refractivity contribution in [3.63, 3.8) is 0 Å². The summed E-state index contributed by atoms with van der Waals surface area (Å²) in [5, 5.41) is 9.20. The maximum Gasteiger partial charge on any atom is 0.331 e. The molecule has 0 saturated carbocycles. The fourth-order valence-corrected chi connectivity index (χ4v) is 3.61. The minimum atomic E-state index is -0.423. The number of rotatable bonds is 7. The molecule has 0 aliphatic carbocycles. The molecule has 27 heavy (non-hydrogen) atoms. The third-order valence-electron chi connectivity index (χ3n) is 3.56. The number of thiophene rings is 1. The van der Waals surface area contributed by atoms with Crippen molar-refractivity contribution >= 4 is 46.3 Å². The van der Waals surface area contributed by atoms with Crippen LogP contribution in [-0.4, -0.2) is 16.9 Å². The van der Waals surface area contributed by atoms with E-state index < -0.39 is 5.97 Å². The van der Waals surface area contributed by atoms with Gasteiger partial charge in [0.1, 0.15) is 11.6 Å². The standard InChI is InChI=1S/C20H18N2O3S2/c1-14-2-5-16(6-3-14)21-18(23)10-19-22-17(13-27-19)11-25-20(24)7-4-15-8-9-26-12-15/h2-9,12-13H,10-11H2,1H3,(H,21,23)/b7-4+. The molecule has 0 atom stereocenters. The number of esters is 1. The molecule has 0 aliphatic heterocycles. The molecule has 0 radical (unpaired) electrons. The maximum atomic E-state index is 12.1. The van der Waals surface area contributed by atoms with E-state index in [2.05, 4.69) is 10.3 Å². The van der Waals surface area contributed by atoms with Crippen LogP contribution in [0.5, 0.6) is 0 Å². The van der Waals surface area contributed by atoms with Crippen molar-refractivity contribution in [3.05, 3.63) is 74.4 Å². The summed E-state index contributed by atoms with van der Waals surface area (Å²) in [5.74, 6) is -0.552. The van der Waals surface area contributed by atoms with E-state index in [9.17, 15) is 9.59 Å². The van der Waals surface area contributed by atoms with Gasteiger partial charge >= 0.3 is 5.97 Å². The number of hydrogen-bond acceptors (Lipinski definition) is 6. The number of nitrogens with zero attached hydrogens (tertiary/aromatic N) is 1. The highest BCUT2D eigenvalue weighted by molar-refractivity contribution is 7.09. The van der Waals surface area contributed by atoms with Crippen molar-refractivity contribution in [2.75, 3.05) is 5.32 Å². The van der Waals surface area contributed by atoms with Gasteiger partial charge in [-0.2, -0.15) is 11.3 Å². The summed E-state index contributed by atoms with van der Waals surface area (Å²) in [7, 11) is 0. The largest absolute Gasteiger partial charge is 0.456 e. The van der Waals surface area contributed by atoms with Gasteiger partial charge in [-0.3, -0.25) is 4.79 Å². The summed E-state index contributed by atoms with van der Waals surface area (Å²) in [4.78, 5) is 28.2. The van der Waals surface area contributed by atoms with E-state index in [-0.39, 0.29) is 18.9 Å². The van der Waals surface area contributed by atoms with Gasteiger partial charge in [-0.1, -0.05) is 17.7 Å². The number of carbonyl (C=O) groups is 2. The highest BCUT2D eigenvalue weighted by Gasteiger charge is 2.09. The molecule has 2 aromatic heterocycles. The van der Waals surface area contributed by atoms with E-state index in [0.29, 0.717) is 10.7 Å². The minimum Gasteiger partial charge on any atom is -0.456 e. The summed E-state index contributed by atoms with van der Waals surface area (Å²) < 4.78 is 5.17. The van der Waals surface area contributed by atoms with Crippen molar-refractivity contribution in [1.29, 1.82) is 0 Å². The number of anilines is 1. The Morgan fingerprint density at radius 2 is 2.00 bits per heavy atom. The van der Waals surface area contributed by atoms with E-state index in [1.54, 1.807) is 22.8 Å². The molecule has 138 valence electrons. The van der Waals surface area contributed by atoms with Gasteiger partial charge < -0.3 is 10.1 Å². The Balaban J connectivity index is 1.45. The summed E-state index contributed by atoms with van der Waals surface area (Å²) in [6.45, 7) is 2.08. The number of hydrogen-bond donors (Lipinski definition) is 1. The Kier molecular flexibility index (Phi) is 6.51. The Morgan fingerprint density at radius 1 is 1.19 bits per heavy atom. The fourth-order valence-electron chi connectivity index (χ4n) is 2.20. The van der Waals surface area contributed by atoms with Crippen molar-refractivity contribution < 1.29 is 14.3 Å². The Hall–Kier alpha value is -2.77. The topological polar surface area (TPSA) is 68.3 Å². The average Bonchev–Trinajstić information content (AvgIpc) is 3.32. The van der Waals surface area contributed by atoms with E-state index in [0.717, 1.165) is 16.8 Å². The molecule has 5 nitrogen and oxygen atoms in total. The van der Waals surface area contributed by atoms with Crippen LogP contribution < -0.4 is 5.32 Å². The molecule has 0 fully saturated rings. The summed E-state index contributed by atoms with van der Waals surface area (Å²) >= 11 is 2.94. The van der Waals surface area contributed by atoms with Gasteiger partial charge in [0.2, 0.25) is 5.91 Å². The van der Waals surface area contributed by atoms with E-state index >= 15 is 0 Å². The lowest BCUT2D eigenvalue weighted by atomic mass is 10.2. The van der Waals surface area contributed by atoms with E-state index in [1.165, 1.54) is 17.4 Å². The van der Waals surface area contributed by atoms with Crippen molar-refractivity contribution in [1.82, 2.24) is 4.98 Å². The first-order valence-corrected chi connectivity index (χ1v) is 10.1. The van der Waals surface area contributed by atoms with Crippen LogP contribution in [0.25, 0.3) is 6.08 Å². The number of ether oxygens (including phenoxy) is 1. The fraction of sp³-hybridized carbons (Fsp3) is 0.150. The molecule has 0 bridgehead atoms. The quantitative estimate of drug-likeness (QED) is 0.472. The van der Waals surface area contributed by atoms with Crippen LogP contribution in [0, 0.1) is 6.92 Å². The zero-order valence-electron chi connectivity index (χ0n) is 14.7.